The highest BCUT2D eigenvalue weighted by Crippen LogP contribution is 2.30. The van der Waals surface area contributed by atoms with Crippen molar-refractivity contribution in [3.05, 3.63) is 22.9 Å². The molecule has 0 unspecified atom stereocenters. The summed E-state index contributed by atoms with van der Waals surface area (Å²) in [5, 5.41) is 20.8. The van der Waals surface area contributed by atoms with Crippen LogP contribution in [0.3, 0.4) is 0 Å². The Morgan fingerprint density at radius 1 is 0.875 bits per heavy atom. The maximum absolute atomic E-state index is 10.4. The standard InChI is InChI=1S/C17H29BBrNO4/c1-14(2,21)16(5,6)23-18(12-9-10-13(19)20-11-12)24-17(7,8)15(3,4)22/h9-11,21-22H,1-8H3. The Morgan fingerprint density at radius 3 is 1.58 bits per heavy atom. The third-order valence-electron chi connectivity index (χ3n) is 4.77. The van der Waals surface area contributed by atoms with Crippen molar-refractivity contribution in [1.29, 1.82) is 0 Å². The fourth-order valence-corrected chi connectivity index (χ4v) is 1.74. The lowest BCUT2D eigenvalue weighted by atomic mass is 9.74. The molecule has 1 heterocycles. The van der Waals surface area contributed by atoms with Crippen LogP contribution in [0.1, 0.15) is 55.4 Å². The fraction of sp³-hybridized carbons (Fsp3) is 0.706. The zero-order valence-electron chi connectivity index (χ0n) is 15.8. The largest absolute Gasteiger partial charge is 0.496 e. The predicted octanol–water partition coefficient (Wildman–Crippen LogP) is 2.67. The summed E-state index contributed by atoms with van der Waals surface area (Å²) in [6.07, 6.45) is 1.65. The van der Waals surface area contributed by atoms with E-state index in [1.807, 2.05) is 6.07 Å². The number of halogens is 1. The number of hydrogen-bond acceptors (Lipinski definition) is 5. The minimum Gasteiger partial charge on any atom is -0.399 e. The summed E-state index contributed by atoms with van der Waals surface area (Å²) >= 11 is 3.31. The van der Waals surface area contributed by atoms with Crippen LogP contribution in [0.25, 0.3) is 0 Å². The molecule has 1 aromatic rings. The van der Waals surface area contributed by atoms with Gasteiger partial charge in [-0.25, -0.2) is 4.98 Å². The second kappa shape index (κ2) is 7.04. The van der Waals surface area contributed by atoms with Gasteiger partial charge in [-0.2, -0.15) is 0 Å². The minimum atomic E-state index is -1.09. The van der Waals surface area contributed by atoms with Gasteiger partial charge in [-0.1, -0.05) is 6.07 Å². The molecular formula is C17H29BBrNO4. The van der Waals surface area contributed by atoms with Crippen molar-refractivity contribution >= 4 is 28.5 Å². The molecule has 0 aromatic carbocycles. The first-order valence-electron chi connectivity index (χ1n) is 7.99. The van der Waals surface area contributed by atoms with Crippen molar-refractivity contribution in [3.8, 4) is 0 Å². The maximum Gasteiger partial charge on any atom is 0.496 e. The van der Waals surface area contributed by atoms with Gasteiger partial charge in [0.15, 0.2) is 0 Å². The van der Waals surface area contributed by atoms with E-state index < -0.39 is 29.5 Å². The summed E-state index contributed by atoms with van der Waals surface area (Å²) in [6.45, 7) is 13.9. The normalized spacial score (nSPS) is 14.0. The van der Waals surface area contributed by atoms with Crippen molar-refractivity contribution in [1.82, 2.24) is 4.98 Å². The smallest absolute Gasteiger partial charge is 0.399 e. The van der Waals surface area contributed by atoms with Crippen LogP contribution in [0.2, 0.25) is 0 Å². The lowest BCUT2D eigenvalue weighted by molar-refractivity contribution is -0.132. The van der Waals surface area contributed by atoms with Gasteiger partial charge in [-0.05, 0) is 77.4 Å². The van der Waals surface area contributed by atoms with Gasteiger partial charge in [0.1, 0.15) is 4.60 Å². The summed E-state index contributed by atoms with van der Waals surface area (Å²) < 4.78 is 12.9. The van der Waals surface area contributed by atoms with Crippen LogP contribution in [0, 0.1) is 0 Å². The molecule has 0 saturated heterocycles. The third-order valence-corrected chi connectivity index (χ3v) is 5.24. The van der Waals surface area contributed by atoms with E-state index in [0.29, 0.717) is 10.1 Å². The summed E-state index contributed by atoms with van der Waals surface area (Å²) in [7, 11) is -0.798. The van der Waals surface area contributed by atoms with Gasteiger partial charge in [0, 0.05) is 11.7 Å². The van der Waals surface area contributed by atoms with E-state index in [1.54, 1.807) is 67.7 Å². The molecule has 7 heteroatoms. The quantitative estimate of drug-likeness (QED) is 0.542. The van der Waals surface area contributed by atoms with Crippen molar-refractivity contribution in [2.75, 3.05) is 0 Å². The van der Waals surface area contributed by atoms with E-state index in [2.05, 4.69) is 20.9 Å². The lowest BCUT2D eigenvalue weighted by Gasteiger charge is -2.43. The number of aliphatic hydroxyl groups is 2. The van der Waals surface area contributed by atoms with E-state index in [0.717, 1.165) is 0 Å². The second-order valence-electron chi connectivity index (χ2n) is 8.12. The zero-order valence-corrected chi connectivity index (χ0v) is 17.4. The monoisotopic (exact) mass is 401 g/mol. The zero-order chi connectivity index (χ0) is 19.0. The molecule has 1 rings (SSSR count). The summed E-state index contributed by atoms with van der Waals surface area (Å²) in [6, 6.07) is 3.63. The van der Waals surface area contributed by atoms with Crippen LogP contribution in [-0.4, -0.2) is 44.7 Å². The first-order chi connectivity index (χ1) is 10.6. The predicted molar refractivity (Wildman–Crippen MR) is 100 cm³/mol. The van der Waals surface area contributed by atoms with E-state index in [-0.39, 0.29) is 0 Å². The highest BCUT2D eigenvalue weighted by Gasteiger charge is 2.45. The minimum absolute atomic E-state index is 0.702. The van der Waals surface area contributed by atoms with Gasteiger partial charge in [-0.3, -0.25) is 0 Å². The molecule has 5 nitrogen and oxygen atoms in total. The summed E-state index contributed by atoms with van der Waals surface area (Å²) in [4.78, 5) is 4.22. The molecule has 0 spiro atoms. The Bertz CT molecular complexity index is 519. The highest BCUT2D eigenvalue weighted by atomic mass is 79.9. The van der Waals surface area contributed by atoms with Gasteiger partial charge in [0.25, 0.3) is 0 Å². The van der Waals surface area contributed by atoms with E-state index in [1.165, 1.54) is 0 Å². The van der Waals surface area contributed by atoms with Crippen molar-refractivity contribution in [2.45, 2.75) is 77.8 Å². The van der Waals surface area contributed by atoms with E-state index in [9.17, 15) is 10.2 Å². The summed E-state index contributed by atoms with van der Waals surface area (Å²) in [5.41, 5.74) is -3.25. The Labute approximate surface area is 154 Å². The number of rotatable bonds is 7. The summed E-state index contributed by atoms with van der Waals surface area (Å²) in [5.74, 6) is 0. The molecule has 2 N–H and O–H groups in total. The van der Waals surface area contributed by atoms with Gasteiger partial charge in [0.05, 0.1) is 22.4 Å². The van der Waals surface area contributed by atoms with Crippen LogP contribution in [0.4, 0.5) is 0 Å². The molecule has 0 amide bonds. The first-order valence-corrected chi connectivity index (χ1v) is 8.78. The second-order valence-corrected chi connectivity index (χ2v) is 8.93. The Kier molecular flexibility index (Phi) is 6.33. The Balaban J connectivity index is 3.20. The van der Waals surface area contributed by atoms with Gasteiger partial charge >= 0.3 is 7.12 Å². The Hall–Kier alpha value is -0.465. The molecule has 0 aliphatic rings. The molecule has 0 aliphatic heterocycles. The van der Waals surface area contributed by atoms with E-state index in [4.69, 9.17) is 9.31 Å². The fourth-order valence-electron chi connectivity index (χ4n) is 1.51. The first kappa shape index (κ1) is 21.6. The number of hydrogen-bond donors (Lipinski definition) is 2. The molecule has 0 bridgehead atoms. The van der Waals surface area contributed by atoms with Crippen LogP contribution < -0.4 is 5.46 Å². The third kappa shape index (κ3) is 5.26. The topological polar surface area (TPSA) is 71.8 Å². The lowest BCUT2D eigenvalue weighted by Crippen LogP contribution is -2.58. The molecular weight excluding hydrogens is 373 g/mol. The highest BCUT2D eigenvalue weighted by molar-refractivity contribution is 9.10. The van der Waals surface area contributed by atoms with E-state index >= 15 is 0 Å². The average molecular weight is 402 g/mol. The van der Waals surface area contributed by atoms with Crippen LogP contribution in [-0.2, 0) is 9.31 Å². The average Bonchev–Trinajstić information content (AvgIpc) is 2.35. The van der Waals surface area contributed by atoms with Crippen molar-refractivity contribution in [3.63, 3.8) is 0 Å². The van der Waals surface area contributed by atoms with Crippen molar-refractivity contribution < 1.29 is 19.5 Å². The SMILES string of the molecule is CC(C)(O)C(C)(C)OB(OC(C)(C)C(C)(C)O)c1ccc(Br)nc1. The maximum atomic E-state index is 10.4. The molecule has 136 valence electrons. The van der Waals surface area contributed by atoms with Gasteiger partial charge < -0.3 is 19.5 Å². The molecule has 0 saturated carbocycles. The molecule has 1 aromatic heterocycles. The molecule has 0 aliphatic carbocycles. The number of nitrogens with zero attached hydrogens (tertiary/aromatic N) is 1. The molecule has 0 radical (unpaired) electrons. The molecule has 0 atom stereocenters. The van der Waals surface area contributed by atoms with Crippen LogP contribution in [0.15, 0.2) is 22.9 Å². The Morgan fingerprint density at radius 2 is 1.29 bits per heavy atom. The molecule has 24 heavy (non-hydrogen) atoms. The number of pyridine rings is 1. The van der Waals surface area contributed by atoms with Crippen molar-refractivity contribution in [2.24, 2.45) is 0 Å². The molecule has 0 fully saturated rings. The van der Waals surface area contributed by atoms with Crippen LogP contribution >= 0.6 is 15.9 Å². The van der Waals surface area contributed by atoms with Gasteiger partial charge in [0.2, 0.25) is 0 Å². The van der Waals surface area contributed by atoms with Gasteiger partial charge in [-0.15, -0.1) is 0 Å². The van der Waals surface area contributed by atoms with Crippen LogP contribution in [0.5, 0.6) is 0 Å². The number of aromatic nitrogens is 1.